The van der Waals surface area contributed by atoms with E-state index in [0.29, 0.717) is 28.7 Å². The molecule has 7 nitrogen and oxygen atoms in total. The van der Waals surface area contributed by atoms with Crippen LogP contribution in [0.5, 0.6) is 0 Å². The minimum atomic E-state index is -0.363. The predicted molar refractivity (Wildman–Crippen MR) is 217 cm³/mol. The summed E-state index contributed by atoms with van der Waals surface area (Å²) >= 11 is 0. The number of allylic oxidation sites excluding steroid dienone is 3. The fraction of sp³-hybridized carbons (Fsp3) is 0.146. The van der Waals surface area contributed by atoms with Crippen molar-refractivity contribution < 1.29 is 0 Å². The Balaban J connectivity index is 1.10. The minimum absolute atomic E-state index is 0.0364. The number of rotatable bonds is 5. The van der Waals surface area contributed by atoms with Crippen LogP contribution in [0.4, 0.5) is 23.0 Å². The Labute approximate surface area is 320 Å². The lowest BCUT2D eigenvalue weighted by molar-refractivity contribution is 0.452. The second-order valence-electron chi connectivity index (χ2n) is 14.7. The Morgan fingerprint density at radius 2 is 1.29 bits per heavy atom. The van der Waals surface area contributed by atoms with Crippen molar-refractivity contribution in [3.63, 3.8) is 0 Å². The lowest BCUT2D eigenvalue weighted by Gasteiger charge is -2.41. The first kappa shape index (κ1) is 32.6. The van der Waals surface area contributed by atoms with Crippen LogP contribution in [-0.4, -0.2) is 27.0 Å². The van der Waals surface area contributed by atoms with Crippen molar-refractivity contribution in [1.29, 1.82) is 10.5 Å². The van der Waals surface area contributed by atoms with Crippen molar-refractivity contribution in [1.82, 2.24) is 15.0 Å². The third-order valence-electron chi connectivity index (χ3n) is 11.8. The van der Waals surface area contributed by atoms with Crippen molar-refractivity contribution in [2.24, 2.45) is 0 Å². The van der Waals surface area contributed by atoms with Crippen LogP contribution in [0.1, 0.15) is 53.5 Å². The molecule has 4 unspecified atom stereocenters. The van der Waals surface area contributed by atoms with Gasteiger partial charge in [-0.15, -0.1) is 0 Å². The SMILES string of the molecule is CC12C(c3ccc4c(c3)C3C=CC=CC3N4c3ccccc3)=CCCC1N(c1nc(-c3ccc(C#N)cc3)nc(-c3ccc(C#N)cc3)n1)c1ccccc12. The topological polar surface area (TPSA) is 92.7 Å². The van der Waals surface area contributed by atoms with Crippen LogP contribution in [0.15, 0.2) is 152 Å². The van der Waals surface area contributed by atoms with Crippen LogP contribution in [0.2, 0.25) is 0 Å². The molecule has 0 saturated carbocycles. The average Bonchev–Trinajstić information content (AvgIpc) is 3.72. The maximum atomic E-state index is 9.48. The molecule has 0 amide bonds. The molecule has 7 heteroatoms. The average molecular weight is 710 g/mol. The van der Waals surface area contributed by atoms with Gasteiger partial charge in [-0.2, -0.15) is 20.5 Å². The van der Waals surface area contributed by atoms with E-state index in [1.165, 1.54) is 33.6 Å². The number of hydrogen-bond donors (Lipinski definition) is 0. The van der Waals surface area contributed by atoms with E-state index in [9.17, 15) is 10.5 Å². The summed E-state index contributed by atoms with van der Waals surface area (Å²) in [6.45, 7) is 2.39. The highest BCUT2D eigenvalue weighted by molar-refractivity contribution is 5.88. The number of benzene rings is 5. The molecule has 0 fully saturated rings. The molecule has 10 rings (SSSR count). The molecule has 0 spiro atoms. The summed E-state index contributed by atoms with van der Waals surface area (Å²) in [6.07, 6.45) is 13.3. The van der Waals surface area contributed by atoms with Crippen molar-refractivity contribution >= 4 is 28.6 Å². The van der Waals surface area contributed by atoms with Gasteiger partial charge in [-0.3, -0.25) is 0 Å². The summed E-state index contributed by atoms with van der Waals surface area (Å²) in [5.74, 6) is 1.88. The summed E-state index contributed by atoms with van der Waals surface area (Å²) in [6, 6.07) is 45.9. The van der Waals surface area contributed by atoms with Gasteiger partial charge in [0, 0.05) is 39.5 Å². The number of anilines is 4. The lowest BCUT2D eigenvalue weighted by atomic mass is 9.66. The van der Waals surface area contributed by atoms with Gasteiger partial charge < -0.3 is 9.80 Å². The van der Waals surface area contributed by atoms with Crippen molar-refractivity contribution in [3.8, 4) is 34.9 Å². The summed E-state index contributed by atoms with van der Waals surface area (Å²) in [5.41, 5.74) is 11.1. The van der Waals surface area contributed by atoms with E-state index in [1.54, 1.807) is 24.3 Å². The normalized spacial score (nSPS) is 21.5. The molecule has 2 aliphatic carbocycles. The third-order valence-corrected chi connectivity index (χ3v) is 11.8. The van der Waals surface area contributed by atoms with Crippen LogP contribution in [0.25, 0.3) is 28.3 Å². The summed E-state index contributed by atoms with van der Waals surface area (Å²) in [7, 11) is 0. The standard InChI is InChI=1S/C48H35N7/c1-48-39(35-26-27-42-38(28-35)37-12-5-7-15-41(37)54(42)36-10-3-2-4-11-36)14-9-17-44(48)55(43-16-8-6-13-40(43)48)47-52-45(33-22-18-31(29-49)19-23-33)51-46(53-47)34-24-20-32(30-50)21-25-34/h2-8,10-16,18-28,37,41,44H,9,17H2,1H3. The number of nitriles is 2. The van der Waals surface area contributed by atoms with E-state index in [0.717, 1.165) is 29.7 Å². The molecule has 55 heavy (non-hydrogen) atoms. The Kier molecular flexibility index (Phi) is 7.57. The highest BCUT2D eigenvalue weighted by Crippen LogP contribution is 2.58. The highest BCUT2D eigenvalue weighted by Gasteiger charge is 2.53. The van der Waals surface area contributed by atoms with E-state index >= 15 is 0 Å². The van der Waals surface area contributed by atoms with Crippen LogP contribution in [-0.2, 0) is 5.41 Å². The molecule has 5 aromatic carbocycles. The Bertz CT molecular complexity index is 2590. The largest absolute Gasteiger partial charge is 0.333 e. The first-order valence-corrected chi connectivity index (χ1v) is 18.8. The smallest absolute Gasteiger partial charge is 0.234 e. The number of nitrogens with zero attached hydrogens (tertiary/aromatic N) is 7. The van der Waals surface area contributed by atoms with Crippen LogP contribution < -0.4 is 9.80 Å². The van der Waals surface area contributed by atoms with Gasteiger partial charge in [0.25, 0.3) is 0 Å². The molecule has 3 heterocycles. The molecule has 1 aromatic heterocycles. The van der Waals surface area contributed by atoms with Crippen molar-refractivity contribution in [2.75, 3.05) is 9.80 Å². The van der Waals surface area contributed by atoms with Crippen molar-refractivity contribution in [2.45, 2.75) is 43.2 Å². The van der Waals surface area contributed by atoms with Crippen LogP contribution >= 0.6 is 0 Å². The lowest BCUT2D eigenvalue weighted by Crippen LogP contribution is -2.44. The zero-order valence-electron chi connectivity index (χ0n) is 30.2. The second kappa shape index (κ2) is 12.8. The highest BCUT2D eigenvalue weighted by atomic mass is 15.3. The summed E-state index contributed by atoms with van der Waals surface area (Å²) < 4.78 is 0. The first-order valence-electron chi connectivity index (χ1n) is 18.8. The number of hydrogen-bond acceptors (Lipinski definition) is 7. The monoisotopic (exact) mass is 709 g/mol. The van der Waals surface area contributed by atoms with Crippen LogP contribution in [0.3, 0.4) is 0 Å². The molecule has 262 valence electrons. The quantitative estimate of drug-likeness (QED) is 0.176. The molecule has 4 atom stereocenters. The molecule has 0 N–H and O–H groups in total. The number of aromatic nitrogens is 3. The fourth-order valence-corrected chi connectivity index (χ4v) is 9.25. The van der Waals surface area contributed by atoms with E-state index < -0.39 is 0 Å². The Hall–Kier alpha value is -7.09. The van der Waals surface area contributed by atoms with Gasteiger partial charge in [0.15, 0.2) is 11.6 Å². The van der Waals surface area contributed by atoms with Crippen LogP contribution in [0, 0.1) is 22.7 Å². The van der Waals surface area contributed by atoms with E-state index in [-0.39, 0.29) is 23.4 Å². The minimum Gasteiger partial charge on any atom is -0.333 e. The first-order chi connectivity index (χ1) is 27.0. The molecule has 0 radical (unpaired) electrons. The molecule has 4 aliphatic rings. The summed E-state index contributed by atoms with van der Waals surface area (Å²) in [5, 5.41) is 19.0. The van der Waals surface area contributed by atoms with Gasteiger partial charge in [0.1, 0.15) is 0 Å². The van der Waals surface area contributed by atoms with E-state index in [1.807, 2.05) is 24.3 Å². The third kappa shape index (κ3) is 5.12. The van der Waals surface area contributed by atoms with Gasteiger partial charge in [0.05, 0.1) is 35.3 Å². The predicted octanol–water partition coefficient (Wildman–Crippen LogP) is 10.3. The van der Waals surface area contributed by atoms with Gasteiger partial charge in [-0.05, 0) is 121 Å². The van der Waals surface area contributed by atoms with Gasteiger partial charge >= 0.3 is 0 Å². The molecule has 6 aromatic rings. The zero-order chi connectivity index (χ0) is 37.1. The fourth-order valence-electron chi connectivity index (χ4n) is 9.25. The van der Waals surface area contributed by atoms with Crippen molar-refractivity contribution in [3.05, 3.63) is 180 Å². The Morgan fingerprint density at radius 3 is 1.98 bits per heavy atom. The second-order valence-corrected chi connectivity index (χ2v) is 14.7. The summed E-state index contributed by atoms with van der Waals surface area (Å²) in [4.78, 5) is 20.1. The number of para-hydroxylation sites is 2. The molecule has 0 bridgehead atoms. The Morgan fingerprint density at radius 1 is 0.655 bits per heavy atom. The number of fused-ring (bicyclic) bond motifs is 6. The van der Waals surface area contributed by atoms with Gasteiger partial charge in [-0.1, -0.05) is 72.8 Å². The van der Waals surface area contributed by atoms with E-state index in [4.69, 9.17) is 15.0 Å². The van der Waals surface area contributed by atoms with Gasteiger partial charge in [-0.25, -0.2) is 4.98 Å². The maximum Gasteiger partial charge on any atom is 0.234 e. The molecule has 0 saturated heterocycles. The van der Waals surface area contributed by atoms with Gasteiger partial charge in [0.2, 0.25) is 5.95 Å². The zero-order valence-corrected chi connectivity index (χ0v) is 30.2. The van der Waals surface area contributed by atoms with E-state index in [2.05, 4.69) is 132 Å². The molecular weight excluding hydrogens is 675 g/mol. The molecule has 2 aliphatic heterocycles. The molecular formula is C48H35N7. The maximum absolute atomic E-state index is 9.48.